The zero-order chi connectivity index (χ0) is 20.6. The molecule has 0 bridgehead atoms. The highest BCUT2D eigenvalue weighted by molar-refractivity contribution is 7.99. The van der Waals surface area contributed by atoms with Gasteiger partial charge in [-0.05, 0) is 17.2 Å². The van der Waals surface area contributed by atoms with E-state index in [9.17, 15) is 4.79 Å². The largest absolute Gasteiger partial charge is 0.339 e. The molecule has 0 atom stereocenters. The third-order valence-corrected chi connectivity index (χ3v) is 5.24. The summed E-state index contributed by atoms with van der Waals surface area (Å²) in [4.78, 5) is 25.0. The Morgan fingerprint density at radius 2 is 1.87 bits per heavy atom. The van der Waals surface area contributed by atoms with E-state index in [0.29, 0.717) is 29.6 Å². The van der Waals surface area contributed by atoms with Gasteiger partial charge in [0.05, 0.1) is 18.4 Å². The third kappa shape index (κ3) is 5.30. The molecule has 0 radical (unpaired) electrons. The molecule has 0 fully saturated rings. The smallest absolute Gasteiger partial charge is 0.234 e. The first-order valence-electron chi connectivity index (χ1n) is 9.36. The van der Waals surface area contributed by atoms with Crippen molar-refractivity contribution < 1.29 is 9.32 Å². The normalized spacial score (nSPS) is 10.7. The number of carbonyl (C=O) groups excluding carboxylic acids is 1. The highest BCUT2D eigenvalue weighted by Gasteiger charge is 2.13. The lowest BCUT2D eigenvalue weighted by Gasteiger charge is -2.09. The summed E-state index contributed by atoms with van der Waals surface area (Å²) < 4.78 is 5.35. The maximum absolute atomic E-state index is 12.4. The van der Waals surface area contributed by atoms with Gasteiger partial charge in [0.25, 0.3) is 0 Å². The minimum Gasteiger partial charge on any atom is -0.339 e. The molecule has 2 aromatic carbocycles. The van der Waals surface area contributed by atoms with E-state index in [1.807, 2.05) is 42.5 Å². The fourth-order valence-electron chi connectivity index (χ4n) is 2.83. The van der Waals surface area contributed by atoms with Crippen molar-refractivity contribution in [1.29, 1.82) is 0 Å². The molecule has 8 heteroatoms. The average Bonchev–Trinajstić information content (AvgIpc) is 3.25. The number of rotatable bonds is 8. The maximum atomic E-state index is 12.4. The number of benzene rings is 2. The summed E-state index contributed by atoms with van der Waals surface area (Å²) in [6.07, 6.45) is 5.14. The van der Waals surface area contributed by atoms with Crippen molar-refractivity contribution in [3.8, 4) is 11.5 Å². The van der Waals surface area contributed by atoms with Gasteiger partial charge in [0.2, 0.25) is 17.6 Å². The minimum atomic E-state index is -0.0471. The first-order valence-corrected chi connectivity index (χ1v) is 10.5. The van der Waals surface area contributed by atoms with Gasteiger partial charge in [-0.2, -0.15) is 4.98 Å². The van der Waals surface area contributed by atoms with E-state index in [0.717, 1.165) is 17.0 Å². The number of hydrogen-bond acceptors (Lipinski definition) is 7. The summed E-state index contributed by atoms with van der Waals surface area (Å²) >= 11 is 1.58. The van der Waals surface area contributed by atoms with Crippen molar-refractivity contribution in [3.63, 3.8) is 0 Å². The Balaban J connectivity index is 1.37. The molecule has 0 aliphatic heterocycles. The fraction of sp³-hybridized carbons (Fsp3) is 0.136. The Kier molecular flexibility index (Phi) is 6.46. The van der Waals surface area contributed by atoms with Crippen molar-refractivity contribution in [3.05, 3.63) is 90.2 Å². The van der Waals surface area contributed by atoms with Gasteiger partial charge in [0.1, 0.15) is 5.69 Å². The Labute approximate surface area is 178 Å². The summed E-state index contributed by atoms with van der Waals surface area (Å²) in [7, 11) is 0. The van der Waals surface area contributed by atoms with E-state index in [4.69, 9.17) is 4.52 Å². The Morgan fingerprint density at radius 1 is 1.03 bits per heavy atom. The number of nitrogens with zero attached hydrogens (tertiary/aromatic N) is 4. The van der Waals surface area contributed by atoms with Crippen LogP contribution in [0.15, 0.2) is 77.7 Å². The van der Waals surface area contributed by atoms with Gasteiger partial charge in [-0.15, -0.1) is 11.8 Å². The van der Waals surface area contributed by atoms with Crippen molar-refractivity contribution in [1.82, 2.24) is 20.1 Å². The molecular weight excluding hydrogens is 398 g/mol. The van der Waals surface area contributed by atoms with Crippen LogP contribution in [0.2, 0.25) is 0 Å². The summed E-state index contributed by atoms with van der Waals surface area (Å²) in [5.74, 6) is 1.95. The predicted molar refractivity (Wildman–Crippen MR) is 116 cm³/mol. The second kappa shape index (κ2) is 9.80. The van der Waals surface area contributed by atoms with E-state index in [1.54, 1.807) is 30.4 Å². The van der Waals surface area contributed by atoms with Gasteiger partial charge in [-0.3, -0.25) is 9.78 Å². The Hall–Kier alpha value is -3.52. The van der Waals surface area contributed by atoms with Gasteiger partial charge in [-0.1, -0.05) is 53.7 Å². The molecule has 30 heavy (non-hydrogen) atoms. The zero-order valence-electron chi connectivity index (χ0n) is 16.1. The van der Waals surface area contributed by atoms with Crippen LogP contribution in [-0.2, 0) is 17.0 Å². The number of para-hydroxylation sites is 1. The SMILES string of the molecule is O=C(CSCc1ccccc1)Nc1ccccc1Cc1nc(-c2cnccn2)no1. The third-order valence-electron chi connectivity index (χ3n) is 4.24. The number of amides is 1. The lowest BCUT2D eigenvalue weighted by Crippen LogP contribution is -2.15. The number of thioether (sulfide) groups is 1. The van der Waals surface area contributed by atoms with E-state index >= 15 is 0 Å². The van der Waals surface area contributed by atoms with E-state index in [1.165, 1.54) is 5.56 Å². The highest BCUT2D eigenvalue weighted by Crippen LogP contribution is 2.21. The Morgan fingerprint density at radius 3 is 2.70 bits per heavy atom. The van der Waals surface area contributed by atoms with Crippen LogP contribution >= 0.6 is 11.8 Å². The van der Waals surface area contributed by atoms with Gasteiger partial charge in [0, 0.05) is 23.8 Å². The second-order valence-electron chi connectivity index (χ2n) is 6.46. The fourth-order valence-corrected chi connectivity index (χ4v) is 3.61. The first-order chi connectivity index (χ1) is 14.8. The maximum Gasteiger partial charge on any atom is 0.234 e. The minimum absolute atomic E-state index is 0.0471. The molecule has 7 nitrogen and oxygen atoms in total. The molecule has 2 heterocycles. The summed E-state index contributed by atoms with van der Waals surface area (Å²) in [6.45, 7) is 0. The summed E-state index contributed by atoms with van der Waals surface area (Å²) in [6, 6.07) is 17.7. The molecule has 1 amide bonds. The topological polar surface area (TPSA) is 93.8 Å². The van der Waals surface area contributed by atoms with Crippen molar-refractivity contribution in [2.24, 2.45) is 0 Å². The van der Waals surface area contributed by atoms with Crippen LogP contribution in [0.3, 0.4) is 0 Å². The summed E-state index contributed by atoms with van der Waals surface area (Å²) in [5, 5.41) is 6.95. The predicted octanol–water partition coefficient (Wildman–Crippen LogP) is 3.99. The van der Waals surface area contributed by atoms with Gasteiger partial charge in [0.15, 0.2) is 0 Å². The number of nitrogens with one attached hydrogen (secondary N) is 1. The van der Waals surface area contributed by atoms with Crippen LogP contribution in [-0.4, -0.2) is 31.8 Å². The molecule has 0 aliphatic rings. The standard InChI is InChI=1S/C22H19N5O2S/c28-20(15-30-14-16-6-2-1-3-7-16)25-18-9-5-4-8-17(18)12-21-26-22(27-29-21)19-13-23-10-11-24-19/h1-11,13H,12,14-15H2,(H,25,28). The summed E-state index contributed by atoms with van der Waals surface area (Å²) in [5.41, 5.74) is 3.38. The molecule has 0 unspecified atom stereocenters. The van der Waals surface area contributed by atoms with Crippen LogP contribution < -0.4 is 5.32 Å². The van der Waals surface area contributed by atoms with Crippen LogP contribution in [0, 0.1) is 0 Å². The van der Waals surface area contributed by atoms with Gasteiger partial charge >= 0.3 is 0 Å². The molecule has 4 rings (SSSR count). The highest BCUT2D eigenvalue weighted by atomic mass is 32.2. The van der Waals surface area contributed by atoms with Gasteiger partial charge < -0.3 is 9.84 Å². The second-order valence-corrected chi connectivity index (χ2v) is 7.45. The molecule has 0 spiro atoms. The lowest BCUT2D eigenvalue weighted by molar-refractivity contribution is -0.113. The molecule has 0 saturated heterocycles. The quantitative estimate of drug-likeness (QED) is 0.463. The van der Waals surface area contributed by atoms with E-state index in [2.05, 4.69) is 37.6 Å². The number of anilines is 1. The molecule has 150 valence electrons. The van der Waals surface area contributed by atoms with Crippen molar-refractivity contribution >= 4 is 23.4 Å². The van der Waals surface area contributed by atoms with Crippen molar-refractivity contribution in [2.75, 3.05) is 11.1 Å². The van der Waals surface area contributed by atoms with E-state index in [-0.39, 0.29) is 5.91 Å². The first kappa shape index (κ1) is 19.8. The number of hydrogen-bond donors (Lipinski definition) is 1. The molecule has 4 aromatic rings. The van der Waals surface area contributed by atoms with Crippen LogP contribution in [0.4, 0.5) is 5.69 Å². The van der Waals surface area contributed by atoms with Crippen LogP contribution in [0.25, 0.3) is 11.5 Å². The molecule has 2 aromatic heterocycles. The monoisotopic (exact) mass is 417 g/mol. The van der Waals surface area contributed by atoms with Gasteiger partial charge in [-0.25, -0.2) is 4.98 Å². The number of aromatic nitrogens is 4. The molecular formula is C22H19N5O2S. The molecule has 0 saturated carbocycles. The van der Waals surface area contributed by atoms with Crippen LogP contribution in [0.1, 0.15) is 17.0 Å². The van der Waals surface area contributed by atoms with Crippen LogP contribution in [0.5, 0.6) is 0 Å². The Bertz CT molecular complexity index is 1100. The lowest BCUT2D eigenvalue weighted by atomic mass is 10.1. The average molecular weight is 417 g/mol. The zero-order valence-corrected chi connectivity index (χ0v) is 16.9. The molecule has 0 aliphatic carbocycles. The molecule has 1 N–H and O–H groups in total. The number of carbonyl (C=O) groups is 1. The van der Waals surface area contributed by atoms with E-state index < -0.39 is 0 Å². The van der Waals surface area contributed by atoms with Crippen molar-refractivity contribution in [2.45, 2.75) is 12.2 Å².